The molecule has 0 aromatic heterocycles. The van der Waals surface area contributed by atoms with Crippen molar-refractivity contribution in [1.29, 1.82) is 0 Å². The third-order valence-electron chi connectivity index (χ3n) is 6.21. The van der Waals surface area contributed by atoms with E-state index in [9.17, 15) is 14.1 Å². The number of halogens is 1. The zero-order valence-electron chi connectivity index (χ0n) is 19.4. The molecule has 0 saturated heterocycles. The molecule has 0 bridgehead atoms. The maximum Gasteiger partial charge on any atom is 0.228 e. The zero-order chi connectivity index (χ0) is 24.2. The largest absolute Gasteiger partial charge is 0.586 e. The lowest BCUT2D eigenvalue weighted by molar-refractivity contribution is -0.139. The smallest absolute Gasteiger partial charge is 0.228 e. The Labute approximate surface area is 208 Å². The molecule has 2 amide bonds. The molecule has 2 aromatic rings. The minimum Gasteiger partial charge on any atom is -0.586 e. The Hall–Kier alpha value is -2.55. The van der Waals surface area contributed by atoms with Crippen molar-refractivity contribution in [1.82, 2.24) is 9.80 Å². The molecule has 1 aliphatic carbocycles. The van der Waals surface area contributed by atoms with Gasteiger partial charge in [0.2, 0.25) is 11.8 Å². The fraction of sp³-hybridized carbons (Fsp3) is 0.400. The lowest BCUT2D eigenvalue weighted by Crippen LogP contribution is -2.42. The van der Waals surface area contributed by atoms with Crippen molar-refractivity contribution in [2.75, 3.05) is 26.0 Å². The van der Waals surface area contributed by atoms with Crippen molar-refractivity contribution < 1.29 is 14.1 Å². The van der Waals surface area contributed by atoms with Crippen LogP contribution < -0.4 is 5.32 Å². The van der Waals surface area contributed by atoms with Crippen LogP contribution in [-0.2, 0) is 40.3 Å². The molecular weight excluding hydrogens is 472 g/mol. The summed E-state index contributed by atoms with van der Waals surface area (Å²) in [7, 11) is 3.62. The van der Waals surface area contributed by atoms with Crippen LogP contribution >= 0.6 is 11.6 Å². The van der Waals surface area contributed by atoms with Crippen molar-refractivity contribution >= 4 is 46.8 Å². The third kappa shape index (κ3) is 5.74. The molecule has 0 spiro atoms. The highest BCUT2D eigenvalue weighted by molar-refractivity contribution is 7.90. The van der Waals surface area contributed by atoms with Gasteiger partial charge >= 0.3 is 0 Å². The maximum atomic E-state index is 13.0. The number of nitrogens with zero attached hydrogens (tertiary/aromatic N) is 3. The normalized spacial score (nSPS) is 16.6. The van der Waals surface area contributed by atoms with Gasteiger partial charge in [0, 0.05) is 55.4 Å². The first-order valence-electron chi connectivity index (χ1n) is 11.4. The Bertz CT molecular complexity index is 1100. The summed E-state index contributed by atoms with van der Waals surface area (Å²) in [6.45, 7) is 1.04. The van der Waals surface area contributed by atoms with E-state index in [1.807, 2.05) is 43.3 Å². The minimum atomic E-state index is -1.63. The molecule has 1 atom stereocenters. The highest BCUT2D eigenvalue weighted by atomic mass is 35.5. The third-order valence-corrected chi connectivity index (χ3v) is 7.61. The van der Waals surface area contributed by atoms with Gasteiger partial charge in [0.25, 0.3) is 0 Å². The van der Waals surface area contributed by atoms with Crippen LogP contribution in [0.15, 0.2) is 45.7 Å². The predicted molar refractivity (Wildman–Crippen MR) is 135 cm³/mol. The second-order valence-corrected chi connectivity index (χ2v) is 10.6. The second-order valence-electron chi connectivity index (χ2n) is 9.00. The van der Waals surface area contributed by atoms with Crippen LogP contribution in [-0.4, -0.2) is 53.1 Å². The summed E-state index contributed by atoms with van der Waals surface area (Å²) in [5.41, 5.74) is 3.11. The molecule has 1 saturated carbocycles. The van der Waals surface area contributed by atoms with Crippen LogP contribution in [0.25, 0.3) is 0 Å². The summed E-state index contributed by atoms with van der Waals surface area (Å²) in [6, 6.07) is 10.8. The molecule has 34 heavy (non-hydrogen) atoms. The van der Waals surface area contributed by atoms with Gasteiger partial charge in [0.15, 0.2) is 4.90 Å². The van der Waals surface area contributed by atoms with E-state index in [-0.39, 0.29) is 24.2 Å². The van der Waals surface area contributed by atoms with Gasteiger partial charge in [-0.3, -0.25) is 9.59 Å². The number of hydrogen-bond acceptors (Lipinski definition) is 4. The molecule has 9 heteroatoms. The van der Waals surface area contributed by atoms with E-state index in [2.05, 4.69) is 9.71 Å². The van der Waals surface area contributed by atoms with E-state index in [1.54, 1.807) is 17.0 Å². The number of anilines is 1. The Balaban J connectivity index is 1.59. The summed E-state index contributed by atoms with van der Waals surface area (Å²) >= 11 is 4.57. The van der Waals surface area contributed by atoms with Gasteiger partial charge in [0.05, 0.1) is 6.42 Å². The van der Waals surface area contributed by atoms with Crippen LogP contribution in [0.1, 0.15) is 36.0 Å². The molecule has 1 aliphatic heterocycles. The van der Waals surface area contributed by atoms with Crippen LogP contribution in [0.2, 0.25) is 5.02 Å². The van der Waals surface area contributed by atoms with Gasteiger partial charge < -0.3 is 19.7 Å². The number of carbonyl (C=O) groups is 2. The molecule has 7 nitrogen and oxygen atoms in total. The van der Waals surface area contributed by atoms with Crippen molar-refractivity contribution in [3.8, 4) is 0 Å². The standard InChI is InChI=1S/C25H29ClN4O3S/c1-29(2)16-27-34(33)23-14-20(28-24(31)13-18-6-3-4-9-22(18)26)12-19-15-30(11-10-21(19)23)25(32)17-7-5-8-17/h3-4,6,9,12,14,16-17H,5,7-8,10-11,13,15H2,1-2H3,(H,28,31)/b27-16+. The first-order chi connectivity index (χ1) is 16.3. The molecule has 4 rings (SSSR count). The quantitative estimate of drug-likeness (QED) is 0.355. The van der Waals surface area contributed by atoms with Gasteiger partial charge in [-0.15, -0.1) is 0 Å². The highest BCUT2D eigenvalue weighted by Crippen LogP contribution is 2.34. The van der Waals surface area contributed by atoms with Crippen molar-refractivity contribution in [2.24, 2.45) is 10.3 Å². The van der Waals surface area contributed by atoms with Crippen LogP contribution in [0.4, 0.5) is 5.69 Å². The molecule has 1 N–H and O–H groups in total. The number of benzene rings is 2. The van der Waals surface area contributed by atoms with Gasteiger partial charge in [-0.05, 0) is 46.9 Å². The lowest BCUT2D eigenvalue weighted by Gasteiger charge is -2.35. The van der Waals surface area contributed by atoms with E-state index in [0.29, 0.717) is 35.1 Å². The average molecular weight is 501 g/mol. The first-order valence-corrected chi connectivity index (χ1v) is 12.9. The van der Waals surface area contributed by atoms with Gasteiger partial charge in [0.1, 0.15) is 17.7 Å². The Morgan fingerprint density at radius 1 is 1.29 bits per heavy atom. The predicted octanol–water partition coefficient (Wildman–Crippen LogP) is 3.82. The molecule has 1 fully saturated rings. The monoisotopic (exact) mass is 500 g/mol. The second kappa shape index (κ2) is 10.8. The summed E-state index contributed by atoms with van der Waals surface area (Å²) in [4.78, 5) is 29.8. The number of rotatable bonds is 7. The number of amides is 2. The topological polar surface area (TPSA) is 88.1 Å². The Kier molecular flexibility index (Phi) is 7.80. The van der Waals surface area contributed by atoms with Crippen LogP contribution in [0.3, 0.4) is 0 Å². The summed E-state index contributed by atoms with van der Waals surface area (Å²) < 4.78 is 17.2. The highest BCUT2D eigenvalue weighted by Gasteiger charge is 2.33. The average Bonchev–Trinajstić information content (AvgIpc) is 2.76. The fourth-order valence-corrected chi connectivity index (χ4v) is 5.46. The van der Waals surface area contributed by atoms with Gasteiger partial charge in [-0.2, -0.15) is 0 Å². The molecule has 1 unspecified atom stereocenters. The van der Waals surface area contributed by atoms with E-state index < -0.39 is 11.4 Å². The van der Waals surface area contributed by atoms with E-state index in [4.69, 9.17) is 11.6 Å². The zero-order valence-corrected chi connectivity index (χ0v) is 21.0. The minimum absolute atomic E-state index is 0.123. The molecule has 180 valence electrons. The number of carbonyl (C=O) groups excluding carboxylic acids is 2. The Morgan fingerprint density at radius 3 is 2.74 bits per heavy atom. The van der Waals surface area contributed by atoms with Gasteiger partial charge in [-0.1, -0.05) is 36.2 Å². The molecular formula is C25H29ClN4O3S. The first kappa shape index (κ1) is 24.6. The Morgan fingerprint density at radius 2 is 2.06 bits per heavy atom. The molecule has 1 heterocycles. The van der Waals surface area contributed by atoms with Crippen molar-refractivity contribution in [3.05, 3.63) is 58.1 Å². The fourth-order valence-electron chi connectivity index (χ4n) is 4.20. The van der Waals surface area contributed by atoms with Crippen molar-refractivity contribution in [3.63, 3.8) is 0 Å². The number of nitrogens with one attached hydrogen (secondary N) is 1. The summed E-state index contributed by atoms with van der Waals surface area (Å²) in [6.07, 6.45) is 5.26. The van der Waals surface area contributed by atoms with E-state index >= 15 is 0 Å². The lowest BCUT2D eigenvalue weighted by atomic mass is 9.83. The molecule has 2 aromatic carbocycles. The number of hydrogen-bond donors (Lipinski definition) is 1. The molecule has 0 radical (unpaired) electrons. The van der Waals surface area contributed by atoms with E-state index in [1.165, 1.54) is 6.34 Å². The maximum absolute atomic E-state index is 13.0. The molecule has 2 aliphatic rings. The van der Waals surface area contributed by atoms with Gasteiger partial charge in [-0.25, -0.2) is 0 Å². The number of fused-ring (bicyclic) bond motifs is 1. The van der Waals surface area contributed by atoms with Crippen LogP contribution in [0.5, 0.6) is 0 Å². The SMILES string of the molecule is CN(C)/C=N/[S+]([O-])c1cc(NC(=O)Cc2ccccc2Cl)cc2c1CCN(C(=O)C1CCC1)C2. The van der Waals surface area contributed by atoms with E-state index in [0.717, 1.165) is 36.0 Å². The van der Waals surface area contributed by atoms with Crippen LogP contribution in [0, 0.1) is 5.92 Å². The summed E-state index contributed by atoms with van der Waals surface area (Å²) in [5.74, 6) is 0.0940. The summed E-state index contributed by atoms with van der Waals surface area (Å²) in [5, 5.41) is 3.45. The van der Waals surface area contributed by atoms with Crippen molar-refractivity contribution in [2.45, 2.75) is 43.5 Å².